The zero-order valence-electron chi connectivity index (χ0n) is 11.5. The third kappa shape index (κ3) is 4.76. The Bertz CT molecular complexity index is 537. The fraction of sp³-hybridized carbons (Fsp3) is 0.333. The van der Waals surface area contributed by atoms with Gasteiger partial charge < -0.3 is 14.6 Å². The molecule has 20 heavy (non-hydrogen) atoms. The molecule has 106 valence electrons. The summed E-state index contributed by atoms with van der Waals surface area (Å²) in [6.45, 7) is 2.75. The van der Waals surface area contributed by atoms with Crippen molar-refractivity contribution in [2.24, 2.45) is 0 Å². The average Bonchev–Trinajstić information content (AvgIpc) is 2.88. The molecule has 0 unspecified atom stereocenters. The summed E-state index contributed by atoms with van der Waals surface area (Å²) in [5, 5.41) is 6.60. The Morgan fingerprint density at radius 2 is 2.15 bits per heavy atom. The van der Waals surface area contributed by atoms with Crippen LogP contribution in [-0.4, -0.2) is 17.7 Å². The normalized spacial score (nSPS) is 10.2. The first kappa shape index (κ1) is 14.1. The number of aromatic nitrogens is 1. The predicted octanol–water partition coefficient (Wildman–Crippen LogP) is 2.46. The zero-order valence-corrected chi connectivity index (χ0v) is 11.5. The summed E-state index contributed by atoms with van der Waals surface area (Å²) in [5.41, 5.74) is 0.733. The fourth-order valence-corrected chi connectivity index (χ4v) is 1.72. The van der Waals surface area contributed by atoms with E-state index in [-0.39, 0.29) is 5.91 Å². The van der Waals surface area contributed by atoms with E-state index >= 15 is 0 Å². The van der Waals surface area contributed by atoms with Gasteiger partial charge in [-0.3, -0.25) is 4.79 Å². The smallest absolute Gasteiger partial charge is 0.220 e. The van der Waals surface area contributed by atoms with Gasteiger partial charge >= 0.3 is 0 Å². The van der Waals surface area contributed by atoms with Crippen molar-refractivity contribution in [3.05, 3.63) is 47.9 Å². The quantitative estimate of drug-likeness (QED) is 0.788. The van der Waals surface area contributed by atoms with E-state index in [0.29, 0.717) is 26.0 Å². The molecule has 0 radical (unpaired) electrons. The molecule has 1 amide bonds. The molecule has 0 saturated heterocycles. The van der Waals surface area contributed by atoms with Gasteiger partial charge in [0.2, 0.25) is 5.91 Å². The van der Waals surface area contributed by atoms with Crippen molar-refractivity contribution < 1.29 is 14.1 Å². The molecular formula is C15H18N2O3. The van der Waals surface area contributed by atoms with Gasteiger partial charge in [0.25, 0.3) is 0 Å². The maximum absolute atomic E-state index is 11.6. The number of aryl methyl sites for hydroxylation is 1. The van der Waals surface area contributed by atoms with Crippen LogP contribution in [0.2, 0.25) is 0 Å². The highest BCUT2D eigenvalue weighted by molar-refractivity contribution is 5.75. The van der Waals surface area contributed by atoms with Crippen molar-refractivity contribution in [1.29, 1.82) is 0 Å². The summed E-state index contributed by atoms with van der Waals surface area (Å²) in [4.78, 5) is 11.6. The van der Waals surface area contributed by atoms with Crippen LogP contribution >= 0.6 is 0 Å². The Morgan fingerprint density at radius 3 is 2.85 bits per heavy atom. The molecule has 2 aromatic rings. The van der Waals surface area contributed by atoms with Crippen LogP contribution in [0.4, 0.5) is 0 Å². The lowest BCUT2D eigenvalue weighted by molar-refractivity contribution is -0.121. The fourth-order valence-electron chi connectivity index (χ4n) is 1.72. The van der Waals surface area contributed by atoms with Crippen molar-refractivity contribution in [1.82, 2.24) is 10.5 Å². The van der Waals surface area contributed by atoms with E-state index in [4.69, 9.17) is 9.26 Å². The van der Waals surface area contributed by atoms with Crippen LogP contribution in [0.25, 0.3) is 0 Å². The van der Waals surface area contributed by atoms with E-state index in [1.807, 2.05) is 37.3 Å². The molecule has 2 rings (SSSR count). The van der Waals surface area contributed by atoms with Gasteiger partial charge in [-0.05, 0) is 25.5 Å². The minimum atomic E-state index is -0.0117. The largest absolute Gasteiger partial charge is 0.494 e. The van der Waals surface area contributed by atoms with Crippen molar-refractivity contribution >= 4 is 5.91 Å². The predicted molar refractivity (Wildman–Crippen MR) is 74.3 cm³/mol. The maximum atomic E-state index is 11.6. The lowest BCUT2D eigenvalue weighted by Crippen LogP contribution is -2.23. The summed E-state index contributed by atoms with van der Waals surface area (Å²) < 4.78 is 10.4. The van der Waals surface area contributed by atoms with Crippen molar-refractivity contribution in [3.63, 3.8) is 0 Å². The molecule has 1 heterocycles. The molecule has 1 N–H and O–H groups in total. The van der Waals surface area contributed by atoms with Crippen LogP contribution in [0.1, 0.15) is 24.3 Å². The maximum Gasteiger partial charge on any atom is 0.220 e. The Labute approximate surface area is 117 Å². The van der Waals surface area contributed by atoms with Gasteiger partial charge in [0.1, 0.15) is 17.2 Å². The molecule has 0 fully saturated rings. The second-order valence-electron chi connectivity index (χ2n) is 4.47. The summed E-state index contributed by atoms with van der Waals surface area (Å²) in [7, 11) is 0. The molecule has 0 aliphatic carbocycles. The number of hydrogen-bond acceptors (Lipinski definition) is 4. The number of nitrogens with one attached hydrogen (secondary N) is 1. The lowest BCUT2D eigenvalue weighted by atomic mass is 10.3. The molecule has 0 aliphatic rings. The summed E-state index contributed by atoms with van der Waals surface area (Å²) in [6.07, 6.45) is 1.11. The number of hydrogen-bond donors (Lipinski definition) is 1. The van der Waals surface area contributed by atoms with E-state index in [1.165, 1.54) is 0 Å². The van der Waals surface area contributed by atoms with E-state index in [9.17, 15) is 4.79 Å². The number of carbonyl (C=O) groups excluding carboxylic acids is 1. The SMILES string of the molecule is Cc1cc(CNC(=O)CCCOc2ccccc2)no1. The molecule has 5 heteroatoms. The monoisotopic (exact) mass is 274 g/mol. The Morgan fingerprint density at radius 1 is 1.35 bits per heavy atom. The van der Waals surface area contributed by atoms with Crippen LogP contribution in [0, 0.1) is 6.92 Å². The van der Waals surface area contributed by atoms with E-state index in [1.54, 1.807) is 6.07 Å². The second-order valence-corrected chi connectivity index (χ2v) is 4.47. The van der Waals surface area contributed by atoms with Gasteiger partial charge in [0, 0.05) is 12.5 Å². The van der Waals surface area contributed by atoms with Gasteiger partial charge in [-0.2, -0.15) is 0 Å². The molecule has 1 aromatic heterocycles. The first-order valence-electron chi connectivity index (χ1n) is 6.61. The van der Waals surface area contributed by atoms with E-state index < -0.39 is 0 Å². The lowest BCUT2D eigenvalue weighted by Gasteiger charge is -2.06. The van der Waals surface area contributed by atoms with Crippen molar-refractivity contribution in [3.8, 4) is 5.75 Å². The zero-order chi connectivity index (χ0) is 14.2. The molecule has 0 spiro atoms. The number of nitrogens with zero attached hydrogens (tertiary/aromatic N) is 1. The van der Waals surface area contributed by atoms with Gasteiger partial charge in [-0.15, -0.1) is 0 Å². The second kappa shape index (κ2) is 7.33. The Hall–Kier alpha value is -2.30. The molecule has 0 bridgehead atoms. The average molecular weight is 274 g/mol. The Kier molecular flexibility index (Phi) is 5.17. The molecule has 0 atom stereocenters. The number of carbonyl (C=O) groups is 1. The first-order valence-corrected chi connectivity index (χ1v) is 6.61. The molecule has 1 aromatic carbocycles. The highest BCUT2D eigenvalue weighted by Gasteiger charge is 2.04. The molecular weight excluding hydrogens is 256 g/mol. The summed E-state index contributed by atoms with van der Waals surface area (Å²) in [5.74, 6) is 1.55. The van der Waals surface area contributed by atoms with Gasteiger partial charge in [-0.25, -0.2) is 0 Å². The number of benzene rings is 1. The first-order chi connectivity index (χ1) is 9.74. The van der Waals surface area contributed by atoms with Crippen LogP contribution in [0.15, 0.2) is 40.9 Å². The third-order valence-electron chi connectivity index (χ3n) is 2.70. The van der Waals surface area contributed by atoms with Gasteiger partial charge in [0.15, 0.2) is 0 Å². The van der Waals surface area contributed by atoms with Crippen molar-refractivity contribution in [2.75, 3.05) is 6.61 Å². The number of para-hydroxylation sites is 1. The third-order valence-corrected chi connectivity index (χ3v) is 2.70. The van der Waals surface area contributed by atoms with E-state index in [0.717, 1.165) is 17.2 Å². The molecule has 0 aliphatic heterocycles. The minimum Gasteiger partial charge on any atom is -0.494 e. The van der Waals surface area contributed by atoms with Crippen LogP contribution in [0.3, 0.4) is 0 Å². The van der Waals surface area contributed by atoms with Gasteiger partial charge in [0.05, 0.1) is 13.2 Å². The topological polar surface area (TPSA) is 64.4 Å². The standard InChI is InChI=1S/C15H18N2O3/c1-12-10-13(17-20-12)11-16-15(18)8-5-9-19-14-6-3-2-4-7-14/h2-4,6-7,10H,5,8-9,11H2,1H3,(H,16,18). The Balaban J connectivity index is 1.58. The molecule has 5 nitrogen and oxygen atoms in total. The van der Waals surface area contributed by atoms with Crippen LogP contribution in [-0.2, 0) is 11.3 Å². The van der Waals surface area contributed by atoms with Gasteiger partial charge in [-0.1, -0.05) is 23.4 Å². The number of ether oxygens (including phenoxy) is 1. The van der Waals surface area contributed by atoms with Crippen molar-refractivity contribution in [2.45, 2.75) is 26.3 Å². The highest BCUT2D eigenvalue weighted by atomic mass is 16.5. The summed E-state index contributed by atoms with van der Waals surface area (Å²) >= 11 is 0. The number of amides is 1. The van der Waals surface area contributed by atoms with Crippen LogP contribution in [0.5, 0.6) is 5.75 Å². The molecule has 0 saturated carbocycles. The summed E-state index contributed by atoms with van der Waals surface area (Å²) in [6, 6.07) is 11.4. The minimum absolute atomic E-state index is 0.0117. The van der Waals surface area contributed by atoms with E-state index in [2.05, 4.69) is 10.5 Å². The van der Waals surface area contributed by atoms with Crippen LogP contribution < -0.4 is 10.1 Å². The highest BCUT2D eigenvalue weighted by Crippen LogP contribution is 2.08. The number of rotatable bonds is 7.